The van der Waals surface area contributed by atoms with Crippen LogP contribution in [-0.4, -0.2) is 47.1 Å². The van der Waals surface area contributed by atoms with Gasteiger partial charge in [0.2, 0.25) is 11.8 Å². The number of carbonyl (C=O) groups excluding carboxylic acids is 2. The van der Waals surface area contributed by atoms with Gasteiger partial charge in [-0.15, -0.1) is 0 Å². The minimum atomic E-state index is -0.509. The molecular weight excluding hydrogens is 424 g/mol. The van der Waals surface area contributed by atoms with Crippen molar-refractivity contribution in [3.05, 3.63) is 35.9 Å². The lowest BCUT2D eigenvalue weighted by Crippen LogP contribution is -2.59. The van der Waals surface area contributed by atoms with Gasteiger partial charge >= 0.3 is 0 Å². The van der Waals surface area contributed by atoms with Crippen molar-refractivity contribution in [2.24, 2.45) is 35.0 Å². The number of piperidine rings is 1. The zero-order chi connectivity index (χ0) is 24.5. The number of aliphatic hydroxyl groups excluding tert-OH is 1. The van der Waals surface area contributed by atoms with E-state index in [9.17, 15) is 14.7 Å². The first-order valence-corrected chi connectivity index (χ1v) is 13.5. The Morgan fingerprint density at radius 2 is 1.74 bits per heavy atom. The molecule has 3 fully saturated rings. The average molecular weight is 469 g/mol. The number of hydrogen-bond acceptors (Lipinski definition) is 3. The highest BCUT2D eigenvalue weighted by molar-refractivity contribution is 5.79. The third kappa shape index (κ3) is 5.19. The van der Waals surface area contributed by atoms with Crippen molar-refractivity contribution < 1.29 is 14.7 Å². The molecule has 5 nitrogen and oxygen atoms in total. The van der Waals surface area contributed by atoms with Gasteiger partial charge in [-0.3, -0.25) is 9.59 Å². The van der Waals surface area contributed by atoms with Crippen LogP contribution in [0.25, 0.3) is 0 Å². The Kier molecular flexibility index (Phi) is 7.71. The fraction of sp³-hybridized carbons (Fsp3) is 0.724. The second-order valence-corrected chi connectivity index (χ2v) is 11.9. The van der Waals surface area contributed by atoms with E-state index in [1.165, 1.54) is 0 Å². The third-order valence-corrected chi connectivity index (χ3v) is 9.57. The molecule has 3 aliphatic rings. The Balaban J connectivity index is 1.42. The van der Waals surface area contributed by atoms with E-state index in [2.05, 4.69) is 26.1 Å². The Labute approximate surface area is 205 Å². The lowest BCUT2D eigenvalue weighted by molar-refractivity contribution is -0.152. The van der Waals surface area contributed by atoms with Crippen LogP contribution in [0.4, 0.5) is 0 Å². The molecule has 1 saturated heterocycles. The van der Waals surface area contributed by atoms with Gasteiger partial charge in [0.25, 0.3) is 0 Å². The fourth-order valence-corrected chi connectivity index (χ4v) is 7.24. The molecule has 188 valence electrons. The summed E-state index contributed by atoms with van der Waals surface area (Å²) in [6.07, 6.45) is 5.94. The molecule has 1 aromatic rings. The van der Waals surface area contributed by atoms with Crippen LogP contribution in [0.5, 0.6) is 0 Å². The molecule has 5 heteroatoms. The van der Waals surface area contributed by atoms with E-state index in [4.69, 9.17) is 0 Å². The molecule has 0 aromatic heterocycles. The van der Waals surface area contributed by atoms with E-state index < -0.39 is 6.10 Å². The van der Waals surface area contributed by atoms with Crippen LogP contribution in [0.1, 0.15) is 71.8 Å². The number of benzene rings is 1. The summed E-state index contributed by atoms with van der Waals surface area (Å²) in [7, 11) is 0. The number of fused-ring (bicyclic) bond motifs is 1. The molecule has 4 rings (SSSR count). The summed E-state index contributed by atoms with van der Waals surface area (Å²) in [6.45, 7) is 10.5. The lowest BCUT2D eigenvalue weighted by atomic mass is 9.51. The number of aliphatic hydroxyl groups is 1. The van der Waals surface area contributed by atoms with Crippen molar-refractivity contribution in [3.8, 4) is 0 Å². The van der Waals surface area contributed by atoms with Crippen molar-refractivity contribution in [2.45, 2.75) is 84.8 Å². The van der Waals surface area contributed by atoms with Crippen molar-refractivity contribution in [3.63, 3.8) is 0 Å². The maximum absolute atomic E-state index is 13.3. The lowest BCUT2D eigenvalue weighted by Gasteiger charge is -2.56. The van der Waals surface area contributed by atoms with Gasteiger partial charge in [-0.2, -0.15) is 0 Å². The monoisotopic (exact) mass is 468 g/mol. The summed E-state index contributed by atoms with van der Waals surface area (Å²) in [4.78, 5) is 28.1. The van der Waals surface area contributed by atoms with Crippen LogP contribution in [-0.2, 0) is 16.0 Å². The SMILES string of the molecule is CC1CCN(C(=O)[C@@H](C)[C@@H]2CC[C@@]3(C)CC[C@H](NC(=O)Cc4ccccc4)[C@@H](C)[C@@H]3[C@H]2O)CC1. The molecule has 0 unspecified atom stereocenters. The Hall–Kier alpha value is -1.88. The summed E-state index contributed by atoms with van der Waals surface area (Å²) in [5.41, 5.74) is 1.09. The van der Waals surface area contributed by atoms with E-state index in [0.29, 0.717) is 12.3 Å². The highest BCUT2D eigenvalue weighted by Gasteiger charge is 2.54. The molecule has 2 aliphatic carbocycles. The van der Waals surface area contributed by atoms with Gasteiger partial charge in [0.05, 0.1) is 12.5 Å². The Bertz CT molecular complexity index is 850. The zero-order valence-electron chi connectivity index (χ0n) is 21.5. The summed E-state index contributed by atoms with van der Waals surface area (Å²) >= 11 is 0. The number of amides is 2. The quantitative estimate of drug-likeness (QED) is 0.672. The fourth-order valence-electron chi connectivity index (χ4n) is 7.24. The van der Waals surface area contributed by atoms with Gasteiger partial charge < -0.3 is 15.3 Å². The minimum Gasteiger partial charge on any atom is -0.392 e. The van der Waals surface area contributed by atoms with Crippen LogP contribution in [0.3, 0.4) is 0 Å². The molecule has 2 N–H and O–H groups in total. The molecule has 0 spiro atoms. The second-order valence-electron chi connectivity index (χ2n) is 11.9. The maximum atomic E-state index is 13.3. The van der Waals surface area contributed by atoms with E-state index in [1.807, 2.05) is 42.2 Å². The van der Waals surface area contributed by atoms with Gasteiger partial charge in [0, 0.05) is 25.0 Å². The van der Waals surface area contributed by atoms with Crippen molar-refractivity contribution in [2.75, 3.05) is 13.1 Å². The highest BCUT2D eigenvalue weighted by atomic mass is 16.3. The van der Waals surface area contributed by atoms with Crippen molar-refractivity contribution in [1.29, 1.82) is 0 Å². The maximum Gasteiger partial charge on any atom is 0.225 e. The normalized spacial score (nSPS) is 35.3. The summed E-state index contributed by atoms with van der Waals surface area (Å²) in [5.74, 6) is 1.07. The first-order chi connectivity index (χ1) is 16.2. The molecule has 2 amide bonds. The van der Waals surface area contributed by atoms with Gasteiger partial charge in [-0.25, -0.2) is 0 Å². The second kappa shape index (κ2) is 10.4. The standard InChI is InChI=1S/C29H44N2O3/c1-19-12-16-31(17-13-19)28(34)20(2)23-10-14-29(4)15-11-24(21(3)26(29)27(23)33)30-25(32)18-22-8-6-5-7-9-22/h5-9,19-21,23-24,26-27,33H,10-18H2,1-4H3,(H,30,32)/t20-,21+,23-,24-,26+,27-,29-/m0/s1. The summed E-state index contributed by atoms with van der Waals surface area (Å²) in [6, 6.07) is 9.92. The Morgan fingerprint density at radius 1 is 1.09 bits per heavy atom. The molecule has 1 aliphatic heterocycles. The van der Waals surface area contributed by atoms with Gasteiger partial charge in [0.1, 0.15) is 0 Å². The van der Waals surface area contributed by atoms with Crippen LogP contribution >= 0.6 is 0 Å². The largest absolute Gasteiger partial charge is 0.392 e. The predicted octanol–water partition coefficient (Wildman–Crippen LogP) is 4.43. The van der Waals surface area contributed by atoms with E-state index >= 15 is 0 Å². The molecule has 2 saturated carbocycles. The molecule has 0 radical (unpaired) electrons. The topological polar surface area (TPSA) is 69.6 Å². The predicted molar refractivity (Wildman–Crippen MR) is 135 cm³/mol. The molecule has 7 atom stereocenters. The van der Waals surface area contributed by atoms with Crippen LogP contribution < -0.4 is 5.32 Å². The van der Waals surface area contributed by atoms with Gasteiger partial charge in [-0.05, 0) is 73.2 Å². The molecule has 1 heterocycles. The van der Waals surface area contributed by atoms with Crippen LogP contribution in [0.2, 0.25) is 0 Å². The molecule has 34 heavy (non-hydrogen) atoms. The molecular formula is C29H44N2O3. The van der Waals surface area contributed by atoms with E-state index in [-0.39, 0.29) is 46.9 Å². The molecule has 1 aromatic carbocycles. The number of likely N-dealkylation sites (tertiary alicyclic amines) is 1. The number of rotatable bonds is 5. The van der Waals surface area contributed by atoms with Gasteiger partial charge in [-0.1, -0.05) is 58.0 Å². The first kappa shape index (κ1) is 25.2. The van der Waals surface area contributed by atoms with Crippen LogP contribution in [0, 0.1) is 35.0 Å². The number of nitrogens with zero attached hydrogens (tertiary/aromatic N) is 1. The first-order valence-electron chi connectivity index (χ1n) is 13.5. The summed E-state index contributed by atoms with van der Waals surface area (Å²) in [5, 5.41) is 14.9. The zero-order valence-corrected chi connectivity index (χ0v) is 21.5. The average Bonchev–Trinajstić information content (AvgIpc) is 2.81. The van der Waals surface area contributed by atoms with E-state index in [1.54, 1.807) is 0 Å². The summed E-state index contributed by atoms with van der Waals surface area (Å²) < 4.78 is 0. The minimum absolute atomic E-state index is 0.00820. The van der Waals surface area contributed by atoms with Gasteiger partial charge in [0.15, 0.2) is 0 Å². The Morgan fingerprint density at radius 3 is 2.41 bits per heavy atom. The number of hydrogen-bond donors (Lipinski definition) is 2. The van der Waals surface area contributed by atoms with E-state index in [0.717, 1.165) is 57.2 Å². The third-order valence-electron chi connectivity index (χ3n) is 9.57. The molecule has 0 bridgehead atoms. The van der Waals surface area contributed by atoms with Crippen LogP contribution in [0.15, 0.2) is 30.3 Å². The highest BCUT2D eigenvalue weighted by Crippen LogP contribution is 2.55. The number of nitrogens with one attached hydrogen (secondary N) is 1. The smallest absolute Gasteiger partial charge is 0.225 e. The van der Waals surface area contributed by atoms with Crippen molar-refractivity contribution in [1.82, 2.24) is 10.2 Å². The van der Waals surface area contributed by atoms with Crippen molar-refractivity contribution >= 4 is 11.8 Å². The number of carbonyl (C=O) groups is 2.